The highest BCUT2D eigenvalue weighted by Gasteiger charge is 2.26. The van der Waals surface area contributed by atoms with E-state index in [2.05, 4.69) is 34.8 Å². The normalized spacial score (nSPS) is 23.9. The van der Waals surface area contributed by atoms with Crippen LogP contribution >= 0.6 is 22.6 Å². The number of rotatable bonds is 4. The van der Waals surface area contributed by atoms with Gasteiger partial charge in [0, 0.05) is 34.0 Å². The fraction of sp³-hybridized carbons (Fsp3) is 0.538. The first kappa shape index (κ1) is 13.0. The summed E-state index contributed by atoms with van der Waals surface area (Å²) in [7, 11) is 0. The molecule has 17 heavy (non-hydrogen) atoms. The second kappa shape index (κ2) is 5.91. The minimum absolute atomic E-state index is 0.425. The minimum Gasteiger partial charge on any atom is -0.399 e. The summed E-state index contributed by atoms with van der Waals surface area (Å²) in [5.74, 6) is 0.633. The Balaban J connectivity index is 1.93. The second-order valence-corrected chi connectivity index (χ2v) is 5.65. The van der Waals surface area contributed by atoms with Gasteiger partial charge in [-0.3, -0.25) is 0 Å². The van der Waals surface area contributed by atoms with Crippen molar-refractivity contribution in [3.63, 3.8) is 0 Å². The van der Waals surface area contributed by atoms with E-state index >= 15 is 0 Å². The van der Waals surface area contributed by atoms with Crippen LogP contribution in [0.15, 0.2) is 18.2 Å². The van der Waals surface area contributed by atoms with E-state index in [-0.39, 0.29) is 0 Å². The first-order chi connectivity index (χ1) is 8.20. The molecular formula is C13H19IN2O. The highest BCUT2D eigenvalue weighted by atomic mass is 127. The van der Waals surface area contributed by atoms with Gasteiger partial charge in [-0.15, -0.1) is 0 Å². The predicted molar refractivity (Wildman–Crippen MR) is 80.2 cm³/mol. The Bertz CT molecular complexity index is 384. The molecule has 94 valence electrons. The van der Waals surface area contributed by atoms with E-state index in [0.717, 1.165) is 31.7 Å². The molecule has 3 nitrogen and oxygen atoms in total. The molecule has 0 amide bonds. The fourth-order valence-corrected chi connectivity index (χ4v) is 3.02. The van der Waals surface area contributed by atoms with Crippen molar-refractivity contribution in [2.24, 2.45) is 5.92 Å². The highest BCUT2D eigenvalue weighted by Crippen LogP contribution is 2.26. The SMILES string of the molecule is CCC1OCCC1CNc1ccc(N)cc1I. The lowest BCUT2D eigenvalue weighted by Gasteiger charge is -2.18. The molecule has 4 heteroatoms. The third kappa shape index (κ3) is 3.25. The summed E-state index contributed by atoms with van der Waals surface area (Å²) in [5, 5.41) is 3.50. The lowest BCUT2D eigenvalue weighted by Crippen LogP contribution is -2.23. The Morgan fingerprint density at radius 2 is 2.35 bits per heavy atom. The molecule has 1 aromatic rings. The third-order valence-electron chi connectivity index (χ3n) is 3.30. The van der Waals surface area contributed by atoms with Crippen molar-refractivity contribution >= 4 is 34.0 Å². The number of anilines is 2. The first-order valence-electron chi connectivity index (χ1n) is 6.11. The number of nitrogen functional groups attached to an aromatic ring is 1. The standard InChI is InChI=1S/C13H19IN2O/c1-2-13-9(5-6-17-13)8-16-12-4-3-10(15)7-11(12)14/h3-4,7,9,13,16H,2,5-6,8,15H2,1H3. The van der Waals surface area contributed by atoms with Crippen LogP contribution < -0.4 is 11.1 Å². The summed E-state index contributed by atoms with van der Waals surface area (Å²) in [6.07, 6.45) is 2.69. The summed E-state index contributed by atoms with van der Waals surface area (Å²) in [6.45, 7) is 4.08. The van der Waals surface area contributed by atoms with Gasteiger partial charge in [-0.2, -0.15) is 0 Å². The number of benzene rings is 1. The van der Waals surface area contributed by atoms with Crippen LogP contribution in [-0.4, -0.2) is 19.3 Å². The average Bonchev–Trinajstić information content (AvgIpc) is 2.75. The Morgan fingerprint density at radius 1 is 1.53 bits per heavy atom. The van der Waals surface area contributed by atoms with Crippen LogP contribution in [0.3, 0.4) is 0 Å². The van der Waals surface area contributed by atoms with Crippen LogP contribution in [0.2, 0.25) is 0 Å². The summed E-state index contributed by atoms with van der Waals surface area (Å²) in [6, 6.07) is 5.98. The third-order valence-corrected chi connectivity index (χ3v) is 4.19. The van der Waals surface area contributed by atoms with Crippen LogP contribution in [-0.2, 0) is 4.74 Å². The van der Waals surface area contributed by atoms with Crippen LogP contribution in [0.4, 0.5) is 11.4 Å². The maximum absolute atomic E-state index is 5.74. The smallest absolute Gasteiger partial charge is 0.0618 e. The molecule has 0 spiro atoms. The molecule has 2 rings (SSSR count). The quantitative estimate of drug-likeness (QED) is 0.651. The molecule has 3 N–H and O–H groups in total. The van der Waals surface area contributed by atoms with E-state index < -0.39 is 0 Å². The Hall–Kier alpha value is -0.490. The molecule has 0 radical (unpaired) electrons. The van der Waals surface area contributed by atoms with Gasteiger partial charge >= 0.3 is 0 Å². The zero-order chi connectivity index (χ0) is 12.3. The molecule has 2 atom stereocenters. The van der Waals surface area contributed by atoms with Gasteiger partial charge in [0.25, 0.3) is 0 Å². The molecule has 2 unspecified atom stereocenters. The molecule has 1 aliphatic heterocycles. The van der Waals surface area contributed by atoms with Gasteiger partial charge in [0.05, 0.1) is 6.10 Å². The summed E-state index contributed by atoms with van der Waals surface area (Å²) in [5.41, 5.74) is 7.72. The zero-order valence-electron chi connectivity index (χ0n) is 10.1. The summed E-state index contributed by atoms with van der Waals surface area (Å²) < 4.78 is 6.87. The van der Waals surface area contributed by atoms with Crippen molar-refractivity contribution in [2.45, 2.75) is 25.9 Å². The summed E-state index contributed by atoms with van der Waals surface area (Å²) in [4.78, 5) is 0. The largest absolute Gasteiger partial charge is 0.399 e. The van der Waals surface area contributed by atoms with Crippen LogP contribution in [0, 0.1) is 9.49 Å². The monoisotopic (exact) mass is 346 g/mol. The van der Waals surface area contributed by atoms with Gasteiger partial charge in [-0.25, -0.2) is 0 Å². The average molecular weight is 346 g/mol. The first-order valence-corrected chi connectivity index (χ1v) is 7.19. The lowest BCUT2D eigenvalue weighted by atomic mass is 9.99. The molecule has 0 aliphatic carbocycles. The number of hydrogen-bond acceptors (Lipinski definition) is 3. The molecule has 1 aromatic carbocycles. The van der Waals surface area contributed by atoms with E-state index in [9.17, 15) is 0 Å². The van der Waals surface area contributed by atoms with E-state index in [1.165, 1.54) is 9.26 Å². The molecule has 1 fully saturated rings. The van der Waals surface area contributed by atoms with Gasteiger partial charge in [-0.1, -0.05) is 6.92 Å². The Kier molecular flexibility index (Phi) is 4.50. The van der Waals surface area contributed by atoms with Crippen molar-refractivity contribution in [3.8, 4) is 0 Å². The van der Waals surface area contributed by atoms with Crippen molar-refractivity contribution in [2.75, 3.05) is 24.2 Å². The molecule has 0 bridgehead atoms. The van der Waals surface area contributed by atoms with Gasteiger partial charge in [0.1, 0.15) is 0 Å². The number of nitrogens with one attached hydrogen (secondary N) is 1. The number of hydrogen-bond donors (Lipinski definition) is 2. The van der Waals surface area contributed by atoms with E-state index in [0.29, 0.717) is 12.0 Å². The van der Waals surface area contributed by atoms with Crippen LogP contribution in [0.1, 0.15) is 19.8 Å². The summed E-state index contributed by atoms with van der Waals surface area (Å²) >= 11 is 2.31. The number of ether oxygens (including phenoxy) is 1. The predicted octanol–water partition coefficient (Wildman–Crippen LogP) is 3.10. The second-order valence-electron chi connectivity index (χ2n) is 4.49. The van der Waals surface area contributed by atoms with E-state index in [1.807, 2.05) is 18.2 Å². The Morgan fingerprint density at radius 3 is 3.06 bits per heavy atom. The maximum atomic E-state index is 5.74. The van der Waals surface area contributed by atoms with Crippen molar-refractivity contribution in [1.29, 1.82) is 0 Å². The molecule has 0 aromatic heterocycles. The van der Waals surface area contributed by atoms with Crippen LogP contribution in [0.25, 0.3) is 0 Å². The van der Waals surface area contributed by atoms with Crippen LogP contribution in [0.5, 0.6) is 0 Å². The molecule has 1 heterocycles. The highest BCUT2D eigenvalue weighted by molar-refractivity contribution is 14.1. The molecular weight excluding hydrogens is 327 g/mol. The topological polar surface area (TPSA) is 47.3 Å². The zero-order valence-corrected chi connectivity index (χ0v) is 12.2. The number of halogens is 1. The maximum Gasteiger partial charge on any atom is 0.0618 e. The van der Waals surface area contributed by atoms with E-state index in [4.69, 9.17) is 10.5 Å². The molecule has 1 aliphatic rings. The van der Waals surface area contributed by atoms with Crippen molar-refractivity contribution in [3.05, 3.63) is 21.8 Å². The van der Waals surface area contributed by atoms with Gasteiger partial charge < -0.3 is 15.8 Å². The lowest BCUT2D eigenvalue weighted by molar-refractivity contribution is 0.0900. The van der Waals surface area contributed by atoms with Gasteiger partial charge in [-0.05, 0) is 53.6 Å². The van der Waals surface area contributed by atoms with Gasteiger partial charge in [0.15, 0.2) is 0 Å². The van der Waals surface area contributed by atoms with Gasteiger partial charge in [0.2, 0.25) is 0 Å². The van der Waals surface area contributed by atoms with Crippen molar-refractivity contribution < 1.29 is 4.74 Å². The van der Waals surface area contributed by atoms with E-state index in [1.54, 1.807) is 0 Å². The number of nitrogens with two attached hydrogens (primary N) is 1. The molecule has 1 saturated heterocycles. The fourth-order valence-electron chi connectivity index (χ4n) is 2.29. The minimum atomic E-state index is 0.425. The molecule has 0 saturated carbocycles. The van der Waals surface area contributed by atoms with Crippen molar-refractivity contribution in [1.82, 2.24) is 0 Å². The Labute approximate surface area is 116 Å².